The second kappa shape index (κ2) is 30.3. The minimum absolute atomic E-state index is 0.206. The van der Waals surface area contributed by atoms with Gasteiger partial charge in [-0.15, -0.1) is 0 Å². The Balaban J connectivity index is 1.65. The molecule has 0 heterocycles. The molecule has 0 spiro atoms. The Morgan fingerprint density at radius 3 is 1.10 bits per heavy atom. The highest BCUT2D eigenvalue weighted by atomic mass is 16.6. The summed E-state index contributed by atoms with van der Waals surface area (Å²) in [5.41, 5.74) is 0.528. The molecule has 0 amide bonds. The molecule has 1 N–H and O–H groups in total. The van der Waals surface area contributed by atoms with E-state index in [0.717, 1.165) is 6.54 Å². The molecular formula is C28H49NO11. The fourth-order valence-electron chi connectivity index (χ4n) is 2.89. The molecule has 12 heteroatoms. The molecule has 0 unspecified atom stereocenters. The summed E-state index contributed by atoms with van der Waals surface area (Å²) in [5, 5.41) is 3.01. The third kappa shape index (κ3) is 25.3. The zero-order chi connectivity index (χ0) is 28.6. The molecule has 232 valence electrons. The highest BCUT2D eigenvalue weighted by Gasteiger charge is 2.05. The first-order valence-corrected chi connectivity index (χ1v) is 13.9. The topological polar surface area (TPSA) is 121 Å². The lowest BCUT2D eigenvalue weighted by atomic mass is 10.2. The van der Waals surface area contributed by atoms with Crippen molar-refractivity contribution < 1.29 is 52.2 Å². The summed E-state index contributed by atoms with van der Waals surface area (Å²) < 4.78 is 53.9. The number of carbonyl (C=O) groups excluding carboxylic acids is 1. The van der Waals surface area contributed by atoms with E-state index in [0.29, 0.717) is 124 Å². The predicted molar refractivity (Wildman–Crippen MR) is 148 cm³/mol. The summed E-state index contributed by atoms with van der Waals surface area (Å²) in [6.07, 6.45) is 0. The second-order valence-corrected chi connectivity index (χ2v) is 8.12. The highest BCUT2D eigenvalue weighted by molar-refractivity contribution is 5.89. The maximum absolute atomic E-state index is 11.8. The number of esters is 1. The third-order valence-corrected chi connectivity index (χ3v) is 4.94. The Bertz CT molecular complexity index is 654. The molecule has 1 rings (SSSR count). The summed E-state index contributed by atoms with van der Waals surface area (Å²) in [6, 6.07) is 8.86. The number of nitrogens with one attached hydrogen (secondary N) is 1. The van der Waals surface area contributed by atoms with Gasteiger partial charge in [0.25, 0.3) is 0 Å². The largest absolute Gasteiger partial charge is 0.460 e. The van der Waals surface area contributed by atoms with Gasteiger partial charge in [0.2, 0.25) is 0 Å². The van der Waals surface area contributed by atoms with E-state index >= 15 is 0 Å². The number of hydrogen-bond acceptors (Lipinski definition) is 12. The number of likely N-dealkylation sites (N-methyl/N-ethyl adjacent to an activating group) is 1. The van der Waals surface area contributed by atoms with Crippen molar-refractivity contribution in [1.29, 1.82) is 0 Å². The molecule has 0 radical (unpaired) electrons. The minimum Gasteiger partial charge on any atom is -0.460 e. The quantitative estimate of drug-likeness (QED) is 0.101. The number of rotatable bonds is 31. The van der Waals surface area contributed by atoms with E-state index in [4.69, 9.17) is 47.4 Å². The molecule has 12 nitrogen and oxygen atoms in total. The summed E-state index contributed by atoms with van der Waals surface area (Å²) in [6.45, 7) is 10.2. The molecule has 0 bridgehead atoms. The molecule has 0 aliphatic heterocycles. The molecule has 0 fully saturated rings. The summed E-state index contributed by atoms with van der Waals surface area (Å²) in [4.78, 5) is 11.8. The van der Waals surface area contributed by atoms with Crippen LogP contribution in [0.1, 0.15) is 10.4 Å². The van der Waals surface area contributed by atoms with Gasteiger partial charge in [0, 0.05) is 6.54 Å². The van der Waals surface area contributed by atoms with Crippen LogP contribution in [-0.2, 0) is 47.4 Å². The zero-order valence-corrected chi connectivity index (χ0v) is 24.0. The van der Waals surface area contributed by atoms with Crippen LogP contribution in [0.2, 0.25) is 0 Å². The van der Waals surface area contributed by atoms with Gasteiger partial charge in [0.15, 0.2) is 0 Å². The normalized spacial score (nSPS) is 11.2. The standard InChI is InChI=1S/C28H49NO11/c1-29-7-8-31-9-10-32-11-12-33-13-14-34-15-16-35-17-18-36-19-20-37-21-22-38-23-24-39-25-26-40-28(30)27-5-3-2-4-6-27/h2-6,29H,7-26H2,1H3. The van der Waals surface area contributed by atoms with Crippen LogP contribution < -0.4 is 5.32 Å². The maximum atomic E-state index is 11.8. The van der Waals surface area contributed by atoms with E-state index in [1.807, 2.05) is 13.1 Å². The van der Waals surface area contributed by atoms with Gasteiger partial charge >= 0.3 is 5.97 Å². The van der Waals surface area contributed by atoms with Crippen LogP contribution in [0.3, 0.4) is 0 Å². The van der Waals surface area contributed by atoms with Crippen molar-refractivity contribution >= 4 is 5.97 Å². The Kier molecular flexibility index (Phi) is 27.5. The van der Waals surface area contributed by atoms with Crippen LogP contribution in [0.5, 0.6) is 0 Å². The lowest BCUT2D eigenvalue weighted by Gasteiger charge is -2.09. The molecule has 0 atom stereocenters. The first kappa shape index (κ1) is 36.3. The number of benzene rings is 1. The van der Waals surface area contributed by atoms with Crippen molar-refractivity contribution in [2.45, 2.75) is 0 Å². The highest BCUT2D eigenvalue weighted by Crippen LogP contribution is 2.00. The van der Waals surface area contributed by atoms with E-state index in [9.17, 15) is 4.79 Å². The van der Waals surface area contributed by atoms with Crippen LogP contribution in [0.25, 0.3) is 0 Å². The van der Waals surface area contributed by atoms with E-state index in [1.54, 1.807) is 24.3 Å². The molecule has 1 aromatic carbocycles. The molecule has 0 saturated carbocycles. The van der Waals surface area contributed by atoms with Gasteiger partial charge in [-0.3, -0.25) is 0 Å². The number of ether oxygens (including phenoxy) is 10. The van der Waals surface area contributed by atoms with Gasteiger partial charge in [-0.2, -0.15) is 0 Å². The number of carbonyl (C=O) groups is 1. The lowest BCUT2D eigenvalue weighted by Crippen LogP contribution is -2.17. The van der Waals surface area contributed by atoms with E-state index in [-0.39, 0.29) is 12.6 Å². The van der Waals surface area contributed by atoms with E-state index < -0.39 is 0 Å². The van der Waals surface area contributed by atoms with E-state index in [1.165, 1.54) is 0 Å². The molecule has 0 aromatic heterocycles. The zero-order valence-electron chi connectivity index (χ0n) is 24.0. The fourth-order valence-corrected chi connectivity index (χ4v) is 2.89. The summed E-state index contributed by atoms with van der Waals surface area (Å²) in [5.74, 6) is -0.354. The second-order valence-electron chi connectivity index (χ2n) is 8.12. The van der Waals surface area contributed by atoms with Crippen LogP contribution in [0.4, 0.5) is 0 Å². The van der Waals surface area contributed by atoms with E-state index in [2.05, 4.69) is 5.32 Å². The smallest absolute Gasteiger partial charge is 0.338 e. The van der Waals surface area contributed by atoms with Crippen molar-refractivity contribution in [3.05, 3.63) is 35.9 Å². The van der Waals surface area contributed by atoms with Gasteiger partial charge in [-0.25, -0.2) is 4.79 Å². The van der Waals surface area contributed by atoms with Crippen LogP contribution in [0.15, 0.2) is 30.3 Å². The molecule has 40 heavy (non-hydrogen) atoms. The molecule has 0 aliphatic rings. The molecule has 1 aromatic rings. The van der Waals surface area contributed by atoms with Crippen LogP contribution in [0, 0.1) is 0 Å². The average molecular weight is 576 g/mol. The fraction of sp³-hybridized carbons (Fsp3) is 0.750. The Morgan fingerprint density at radius 1 is 0.475 bits per heavy atom. The number of hydrogen-bond donors (Lipinski definition) is 1. The van der Waals surface area contributed by atoms with Crippen molar-refractivity contribution in [3.63, 3.8) is 0 Å². The van der Waals surface area contributed by atoms with Gasteiger partial charge in [-0.1, -0.05) is 18.2 Å². The van der Waals surface area contributed by atoms with Crippen LogP contribution in [-0.4, -0.2) is 145 Å². The van der Waals surface area contributed by atoms with Gasteiger partial charge in [0.05, 0.1) is 124 Å². The minimum atomic E-state index is -0.354. The Hall–Kier alpha value is -1.71. The average Bonchev–Trinajstić information content (AvgIpc) is 2.98. The lowest BCUT2D eigenvalue weighted by molar-refractivity contribution is -0.0258. The first-order chi connectivity index (χ1) is 19.8. The van der Waals surface area contributed by atoms with Gasteiger partial charge in [0.1, 0.15) is 6.61 Å². The molecule has 0 saturated heterocycles. The summed E-state index contributed by atoms with van der Waals surface area (Å²) >= 11 is 0. The summed E-state index contributed by atoms with van der Waals surface area (Å²) in [7, 11) is 1.89. The molecule has 0 aliphatic carbocycles. The van der Waals surface area contributed by atoms with Crippen molar-refractivity contribution in [2.75, 3.05) is 139 Å². The van der Waals surface area contributed by atoms with Gasteiger partial charge < -0.3 is 52.7 Å². The maximum Gasteiger partial charge on any atom is 0.338 e. The van der Waals surface area contributed by atoms with Crippen molar-refractivity contribution in [2.24, 2.45) is 0 Å². The Morgan fingerprint density at radius 2 is 0.775 bits per heavy atom. The first-order valence-electron chi connectivity index (χ1n) is 13.9. The SMILES string of the molecule is CNCCOCCOCCOCCOCCOCCOCCOCCOCCOCCOC(=O)c1ccccc1. The van der Waals surface area contributed by atoms with Crippen molar-refractivity contribution in [1.82, 2.24) is 5.32 Å². The Labute approximate surface area is 238 Å². The predicted octanol–water partition coefficient (Wildman–Crippen LogP) is 1.21. The molecular weight excluding hydrogens is 526 g/mol. The monoisotopic (exact) mass is 575 g/mol. The third-order valence-electron chi connectivity index (χ3n) is 4.94. The van der Waals surface area contributed by atoms with Gasteiger partial charge in [-0.05, 0) is 19.2 Å². The van der Waals surface area contributed by atoms with Crippen molar-refractivity contribution in [3.8, 4) is 0 Å². The van der Waals surface area contributed by atoms with Crippen LogP contribution >= 0.6 is 0 Å².